The number of hydrogen-bond acceptors (Lipinski definition) is 3. The molecule has 1 aliphatic heterocycles. The predicted molar refractivity (Wildman–Crippen MR) is 71.9 cm³/mol. The quantitative estimate of drug-likeness (QED) is 0.809. The summed E-state index contributed by atoms with van der Waals surface area (Å²) in [6, 6.07) is 7.40. The van der Waals surface area contributed by atoms with Crippen molar-refractivity contribution < 1.29 is 9.53 Å². The van der Waals surface area contributed by atoms with Gasteiger partial charge in [0.2, 0.25) is 0 Å². The van der Waals surface area contributed by atoms with E-state index in [2.05, 4.69) is 5.10 Å². The van der Waals surface area contributed by atoms with Crippen molar-refractivity contribution >= 4 is 17.9 Å². The highest BCUT2D eigenvalue weighted by Crippen LogP contribution is 2.30. The Hall–Kier alpha value is -1.65. The minimum absolute atomic E-state index is 0.0797. The fourth-order valence-corrected chi connectivity index (χ4v) is 2.52. The van der Waals surface area contributed by atoms with Gasteiger partial charge < -0.3 is 4.74 Å². The van der Waals surface area contributed by atoms with Crippen molar-refractivity contribution in [3.8, 4) is 5.69 Å². The Morgan fingerprint density at radius 3 is 2.95 bits per heavy atom. The SMILES string of the molecule is O=Cc1cn(-c2ccccc2Cl)nc1C1CCCO1. The zero-order valence-corrected chi connectivity index (χ0v) is 11.0. The van der Waals surface area contributed by atoms with Gasteiger partial charge in [0.1, 0.15) is 11.8 Å². The van der Waals surface area contributed by atoms with Crippen LogP contribution in [0.4, 0.5) is 0 Å². The van der Waals surface area contributed by atoms with Gasteiger partial charge in [-0.1, -0.05) is 23.7 Å². The van der Waals surface area contributed by atoms with Crippen molar-refractivity contribution in [1.29, 1.82) is 0 Å². The summed E-state index contributed by atoms with van der Waals surface area (Å²) in [7, 11) is 0. The second-order valence-electron chi connectivity index (χ2n) is 4.49. The third kappa shape index (κ3) is 2.29. The summed E-state index contributed by atoms with van der Waals surface area (Å²) in [5.74, 6) is 0. The largest absolute Gasteiger partial charge is 0.372 e. The molecule has 4 nitrogen and oxygen atoms in total. The monoisotopic (exact) mass is 276 g/mol. The second-order valence-corrected chi connectivity index (χ2v) is 4.89. The van der Waals surface area contributed by atoms with E-state index in [0.717, 1.165) is 31.4 Å². The molecule has 0 spiro atoms. The number of rotatable bonds is 3. The number of carbonyl (C=O) groups excluding carboxylic acids is 1. The number of nitrogens with zero attached hydrogens (tertiary/aromatic N) is 2. The van der Waals surface area contributed by atoms with Crippen molar-refractivity contribution in [1.82, 2.24) is 9.78 Å². The predicted octanol–water partition coefficient (Wildman–Crippen LogP) is 3.19. The van der Waals surface area contributed by atoms with Gasteiger partial charge in [0, 0.05) is 12.8 Å². The normalized spacial score (nSPS) is 18.7. The molecule has 0 saturated carbocycles. The fourth-order valence-electron chi connectivity index (χ4n) is 2.30. The molecule has 2 heterocycles. The molecule has 1 fully saturated rings. The maximum atomic E-state index is 11.2. The zero-order valence-electron chi connectivity index (χ0n) is 10.3. The molecule has 2 aromatic rings. The summed E-state index contributed by atoms with van der Waals surface area (Å²) in [6.07, 6.45) is 4.34. The number of para-hydroxylation sites is 1. The van der Waals surface area contributed by atoms with Crippen molar-refractivity contribution in [2.24, 2.45) is 0 Å². The van der Waals surface area contributed by atoms with E-state index in [1.165, 1.54) is 0 Å². The Labute approximate surface area is 115 Å². The Morgan fingerprint density at radius 1 is 1.42 bits per heavy atom. The molecule has 0 radical (unpaired) electrons. The number of hydrogen-bond donors (Lipinski definition) is 0. The first-order valence-corrected chi connectivity index (χ1v) is 6.58. The molecule has 1 saturated heterocycles. The number of halogens is 1. The highest BCUT2D eigenvalue weighted by Gasteiger charge is 2.24. The summed E-state index contributed by atoms with van der Waals surface area (Å²) >= 11 is 6.14. The van der Waals surface area contributed by atoms with Gasteiger partial charge in [0.25, 0.3) is 0 Å². The maximum Gasteiger partial charge on any atom is 0.153 e. The summed E-state index contributed by atoms with van der Waals surface area (Å²) in [5, 5.41) is 5.07. The van der Waals surface area contributed by atoms with Crippen LogP contribution in [0, 0.1) is 0 Å². The average Bonchev–Trinajstić information content (AvgIpc) is 3.08. The third-order valence-corrected chi connectivity index (χ3v) is 3.55. The van der Waals surface area contributed by atoms with E-state index in [9.17, 15) is 4.79 Å². The fraction of sp³-hybridized carbons (Fsp3) is 0.286. The topological polar surface area (TPSA) is 44.1 Å². The van der Waals surface area contributed by atoms with Crippen LogP contribution in [0.5, 0.6) is 0 Å². The summed E-state index contributed by atoms with van der Waals surface area (Å²) in [4.78, 5) is 11.2. The van der Waals surface area contributed by atoms with Crippen molar-refractivity contribution in [3.63, 3.8) is 0 Å². The second kappa shape index (κ2) is 5.15. The first-order valence-electron chi connectivity index (χ1n) is 6.21. The Morgan fingerprint density at radius 2 is 2.26 bits per heavy atom. The van der Waals surface area contributed by atoms with E-state index in [4.69, 9.17) is 16.3 Å². The van der Waals surface area contributed by atoms with Crippen molar-refractivity contribution in [3.05, 3.63) is 46.7 Å². The number of ether oxygens (including phenoxy) is 1. The van der Waals surface area contributed by atoms with Crippen LogP contribution in [0.15, 0.2) is 30.5 Å². The molecule has 1 unspecified atom stereocenters. The lowest BCUT2D eigenvalue weighted by Crippen LogP contribution is -2.02. The van der Waals surface area contributed by atoms with Crippen LogP contribution in [-0.2, 0) is 4.74 Å². The lowest BCUT2D eigenvalue weighted by molar-refractivity contribution is 0.104. The number of carbonyl (C=O) groups is 1. The van der Waals surface area contributed by atoms with Gasteiger partial charge in [0.15, 0.2) is 6.29 Å². The van der Waals surface area contributed by atoms with E-state index in [1.54, 1.807) is 16.9 Å². The molecule has 1 aliphatic rings. The average molecular weight is 277 g/mol. The van der Waals surface area contributed by atoms with Gasteiger partial charge in [0.05, 0.1) is 16.3 Å². The van der Waals surface area contributed by atoms with Gasteiger partial charge in [-0.15, -0.1) is 0 Å². The van der Waals surface area contributed by atoms with E-state index in [-0.39, 0.29) is 6.10 Å². The van der Waals surface area contributed by atoms with Gasteiger partial charge in [-0.2, -0.15) is 5.10 Å². The molecule has 5 heteroatoms. The molecular formula is C14H13ClN2O2. The van der Waals surface area contributed by atoms with Crippen LogP contribution < -0.4 is 0 Å². The van der Waals surface area contributed by atoms with E-state index >= 15 is 0 Å². The Balaban J connectivity index is 2.04. The first kappa shape index (κ1) is 12.4. The minimum Gasteiger partial charge on any atom is -0.372 e. The minimum atomic E-state index is -0.0797. The molecule has 1 aromatic heterocycles. The van der Waals surface area contributed by atoms with Gasteiger partial charge in [-0.3, -0.25) is 4.79 Å². The van der Waals surface area contributed by atoms with Crippen LogP contribution in [-0.4, -0.2) is 22.7 Å². The van der Waals surface area contributed by atoms with E-state index < -0.39 is 0 Å². The molecule has 0 amide bonds. The molecule has 1 aromatic carbocycles. The molecule has 0 bridgehead atoms. The molecule has 98 valence electrons. The number of aldehydes is 1. The maximum absolute atomic E-state index is 11.2. The molecule has 19 heavy (non-hydrogen) atoms. The molecule has 3 rings (SSSR count). The lowest BCUT2D eigenvalue weighted by atomic mass is 10.1. The smallest absolute Gasteiger partial charge is 0.153 e. The highest BCUT2D eigenvalue weighted by molar-refractivity contribution is 6.32. The highest BCUT2D eigenvalue weighted by atomic mass is 35.5. The molecule has 1 atom stereocenters. The lowest BCUT2D eigenvalue weighted by Gasteiger charge is -2.06. The van der Waals surface area contributed by atoms with Crippen LogP contribution in [0.3, 0.4) is 0 Å². The summed E-state index contributed by atoms with van der Waals surface area (Å²) in [6.45, 7) is 0.724. The van der Waals surface area contributed by atoms with Crippen LogP contribution in [0.1, 0.15) is 35.0 Å². The molecule has 0 N–H and O–H groups in total. The van der Waals surface area contributed by atoms with Crippen LogP contribution in [0.2, 0.25) is 5.02 Å². The standard InChI is InChI=1S/C14H13ClN2O2/c15-11-4-1-2-5-12(11)17-8-10(9-18)14(16-17)13-6-3-7-19-13/h1-2,4-5,8-9,13H,3,6-7H2. The van der Waals surface area contributed by atoms with Gasteiger partial charge in [-0.25, -0.2) is 4.68 Å². The first-order chi connectivity index (χ1) is 9.29. The molecular weight excluding hydrogens is 264 g/mol. The third-order valence-electron chi connectivity index (χ3n) is 3.23. The van der Waals surface area contributed by atoms with E-state index in [1.807, 2.05) is 18.2 Å². The van der Waals surface area contributed by atoms with Gasteiger partial charge >= 0.3 is 0 Å². The zero-order chi connectivity index (χ0) is 13.2. The van der Waals surface area contributed by atoms with E-state index in [0.29, 0.717) is 16.3 Å². The Kier molecular flexibility index (Phi) is 3.36. The summed E-state index contributed by atoms with van der Waals surface area (Å²) in [5.41, 5.74) is 2.02. The number of aromatic nitrogens is 2. The number of benzene rings is 1. The van der Waals surface area contributed by atoms with Crippen LogP contribution in [0.25, 0.3) is 5.69 Å². The Bertz CT molecular complexity index is 603. The van der Waals surface area contributed by atoms with Crippen LogP contribution >= 0.6 is 11.6 Å². The van der Waals surface area contributed by atoms with Crippen molar-refractivity contribution in [2.75, 3.05) is 6.61 Å². The van der Waals surface area contributed by atoms with Crippen molar-refractivity contribution in [2.45, 2.75) is 18.9 Å². The summed E-state index contributed by atoms with van der Waals surface area (Å²) < 4.78 is 7.24. The molecule has 0 aliphatic carbocycles. The van der Waals surface area contributed by atoms with Gasteiger partial charge in [-0.05, 0) is 25.0 Å².